The van der Waals surface area contributed by atoms with Crippen LogP contribution in [0.15, 0.2) is 88.9 Å². The van der Waals surface area contributed by atoms with E-state index in [-0.39, 0.29) is 17.4 Å². The largest absolute Gasteiger partial charge is 0.484 e. The number of hydrazone groups is 1. The molecule has 0 spiro atoms. The van der Waals surface area contributed by atoms with E-state index < -0.39 is 10.0 Å². The van der Waals surface area contributed by atoms with E-state index in [0.29, 0.717) is 17.9 Å². The Hall–Kier alpha value is -3.65. The molecule has 166 valence electrons. The molecule has 0 aromatic heterocycles. The standard InChI is InChI=1S/C24H25N3O4S/c1-19-7-13-23(14-8-19)32(29,30)27-26-17-21-9-11-22(12-10-21)31-18-24(28)25-16-15-20-5-3-2-4-6-20/h2-14,17,27H,15-16,18H2,1H3,(H,25,28). The number of nitrogens with one attached hydrogen (secondary N) is 2. The molecule has 3 rings (SSSR count). The maximum Gasteiger partial charge on any atom is 0.276 e. The third kappa shape index (κ3) is 7.24. The molecule has 0 aliphatic heterocycles. The maximum absolute atomic E-state index is 12.2. The zero-order chi connectivity index (χ0) is 22.8. The average Bonchev–Trinajstić information content (AvgIpc) is 2.79. The summed E-state index contributed by atoms with van der Waals surface area (Å²) in [5, 5.41) is 6.63. The quantitative estimate of drug-likeness (QED) is 0.366. The van der Waals surface area contributed by atoms with Gasteiger partial charge in [0.25, 0.3) is 15.9 Å². The third-order valence-corrected chi connectivity index (χ3v) is 5.79. The molecule has 0 heterocycles. The first-order valence-electron chi connectivity index (χ1n) is 10.1. The SMILES string of the molecule is Cc1ccc(S(=O)(=O)NN=Cc2ccc(OCC(=O)NCCc3ccccc3)cc2)cc1. The van der Waals surface area contributed by atoms with Crippen molar-refractivity contribution in [2.45, 2.75) is 18.2 Å². The number of aryl methyl sites for hydroxylation is 1. The molecule has 8 heteroatoms. The zero-order valence-electron chi connectivity index (χ0n) is 17.7. The van der Waals surface area contributed by atoms with Gasteiger partial charge in [-0.15, -0.1) is 0 Å². The van der Waals surface area contributed by atoms with Gasteiger partial charge in [-0.05, 0) is 60.9 Å². The van der Waals surface area contributed by atoms with Crippen molar-refractivity contribution in [1.82, 2.24) is 10.1 Å². The molecule has 0 saturated carbocycles. The lowest BCUT2D eigenvalue weighted by Crippen LogP contribution is -2.30. The number of benzene rings is 3. The molecule has 0 bridgehead atoms. The van der Waals surface area contributed by atoms with Gasteiger partial charge < -0.3 is 10.1 Å². The summed E-state index contributed by atoms with van der Waals surface area (Å²) in [6.07, 6.45) is 2.15. The second-order valence-electron chi connectivity index (χ2n) is 7.11. The van der Waals surface area contributed by atoms with Crippen LogP contribution in [0.25, 0.3) is 0 Å². The Bertz CT molecular complexity index is 1140. The summed E-state index contributed by atoms with van der Waals surface area (Å²) in [6.45, 7) is 2.34. The van der Waals surface area contributed by atoms with Gasteiger partial charge in [-0.2, -0.15) is 13.5 Å². The predicted octanol–water partition coefficient (Wildman–Crippen LogP) is 3.05. The highest BCUT2D eigenvalue weighted by Crippen LogP contribution is 2.12. The normalized spacial score (nSPS) is 11.3. The van der Waals surface area contributed by atoms with Crippen molar-refractivity contribution < 1.29 is 17.9 Å². The van der Waals surface area contributed by atoms with Gasteiger partial charge in [0.1, 0.15) is 5.75 Å². The predicted molar refractivity (Wildman–Crippen MR) is 124 cm³/mol. The fourth-order valence-corrected chi connectivity index (χ4v) is 3.57. The number of carbonyl (C=O) groups is 1. The first-order valence-corrected chi connectivity index (χ1v) is 11.6. The summed E-state index contributed by atoms with van der Waals surface area (Å²) in [4.78, 5) is 14.3. The van der Waals surface area contributed by atoms with E-state index in [1.807, 2.05) is 37.3 Å². The van der Waals surface area contributed by atoms with Gasteiger partial charge in [-0.25, -0.2) is 4.83 Å². The first kappa shape index (κ1) is 23.0. The Morgan fingerprint density at radius 1 is 0.969 bits per heavy atom. The Kier molecular flexibility index (Phi) is 7.99. The molecule has 0 aliphatic carbocycles. The molecule has 0 fully saturated rings. The molecular weight excluding hydrogens is 426 g/mol. The molecule has 2 N–H and O–H groups in total. The van der Waals surface area contributed by atoms with Crippen molar-refractivity contribution in [3.05, 3.63) is 95.6 Å². The molecular formula is C24H25N3O4S. The lowest BCUT2D eigenvalue weighted by molar-refractivity contribution is -0.123. The van der Waals surface area contributed by atoms with E-state index in [1.54, 1.807) is 36.4 Å². The summed E-state index contributed by atoms with van der Waals surface area (Å²) in [7, 11) is -3.72. The minimum atomic E-state index is -3.72. The Balaban J connectivity index is 1.42. The van der Waals surface area contributed by atoms with Crippen LogP contribution >= 0.6 is 0 Å². The number of hydrogen-bond acceptors (Lipinski definition) is 5. The highest BCUT2D eigenvalue weighted by atomic mass is 32.2. The number of nitrogens with zero attached hydrogens (tertiary/aromatic N) is 1. The van der Waals surface area contributed by atoms with Crippen LogP contribution in [-0.4, -0.2) is 33.7 Å². The van der Waals surface area contributed by atoms with Gasteiger partial charge in [0.15, 0.2) is 6.61 Å². The van der Waals surface area contributed by atoms with Crippen molar-refractivity contribution in [2.24, 2.45) is 5.10 Å². The van der Waals surface area contributed by atoms with Crippen LogP contribution in [0.4, 0.5) is 0 Å². The number of hydrogen-bond donors (Lipinski definition) is 2. The van der Waals surface area contributed by atoms with Gasteiger partial charge in [-0.1, -0.05) is 48.0 Å². The van der Waals surface area contributed by atoms with Crippen LogP contribution in [0.1, 0.15) is 16.7 Å². The molecule has 0 aliphatic rings. The molecule has 32 heavy (non-hydrogen) atoms. The molecule has 0 atom stereocenters. The number of sulfonamides is 1. The van der Waals surface area contributed by atoms with Crippen molar-refractivity contribution in [1.29, 1.82) is 0 Å². The van der Waals surface area contributed by atoms with Gasteiger partial charge in [0, 0.05) is 6.54 Å². The Morgan fingerprint density at radius 3 is 2.34 bits per heavy atom. The summed E-state index contributed by atoms with van der Waals surface area (Å²) < 4.78 is 29.9. The molecule has 3 aromatic rings. The summed E-state index contributed by atoms with van der Waals surface area (Å²) in [5.74, 6) is 0.331. The van der Waals surface area contributed by atoms with Crippen LogP contribution in [0, 0.1) is 6.92 Å². The highest BCUT2D eigenvalue weighted by molar-refractivity contribution is 7.89. The van der Waals surface area contributed by atoms with E-state index >= 15 is 0 Å². The fourth-order valence-electron chi connectivity index (χ4n) is 2.78. The average molecular weight is 452 g/mol. The Labute approximate surface area is 188 Å². The monoisotopic (exact) mass is 451 g/mol. The van der Waals surface area contributed by atoms with Gasteiger partial charge >= 0.3 is 0 Å². The fraction of sp³-hybridized carbons (Fsp3) is 0.167. The van der Waals surface area contributed by atoms with Crippen molar-refractivity contribution in [3.63, 3.8) is 0 Å². The Morgan fingerprint density at radius 2 is 1.66 bits per heavy atom. The van der Waals surface area contributed by atoms with E-state index in [9.17, 15) is 13.2 Å². The number of carbonyl (C=O) groups excluding carboxylic acids is 1. The van der Waals surface area contributed by atoms with E-state index in [4.69, 9.17) is 4.74 Å². The van der Waals surface area contributed by atoms with Crippen molar-refractivity contribution >= 4 is 22.1 Å². The summed E-state index contributed by atoms with van der Waals surface area (Å²) in [6, 6.07) is 23.2. The van der Waals surface area contributed by atoms with Crippen LogP contribution in [0.2, 0.25) is 0 Å². The smallest absolute Gasteiger partial charge is 0.276 e. The lowest BCUT2D eigenvalue weighted by atomic mass is 10.1. The van der Waals surface area contributed by atoms with E-state index in [0.717, 1.165) is 17.5 Å². The van der Waals surface area contributed by atoms with Gasteiger partial charge in [0.2, 0.25) is 0 Å². The lowest BCUT2D eigenvalue weighted by Gasteiger charge is -2.08. The van der Waals surface area contributed by atoms with Crippen LogP contribution in [0.5, 0.6) is 5.75 Å². The zero-order valence-corrected chi connectivity index (χ0v) is 18.5. The van der Waals surface area contributed by atoms with E-state index in [2.05, 4.69) is 15.2 Å². The minimum absolute atomic E-state index is 0.0847. The van der Waals surface area contributed by atoms with Crippen LogP contribution in [-0.2, 0) is 21.2 Å². The molecule has 1 amide bonds. The van der Waals surface area contributed by atoms with Crippen LogP contribution in [0.3, 0.4) is 0 Å². The van der Waals surface area contributed by atoms with Gasteiger partial charge in [0.05, 0.1) is 11.1 Å². The minimum Gasteiger partial charge on any atom is -0.484 e. The second-order valence-corrected chi connectivity index (χ2v) is 8.77. The highest BCUT2D eigenvalue weighted by Gasteiger charge is 2.11. The van der Waals surface area contributed by atoms with Gasteiger partial charge in [-0.3, -0.25) is 4.79 Å². The van der Waals surface area contributed by atoms with E-state index in [1.165, 1.54) is 18.3 Å². The number of ether oxygens (including phenoxy) is 1. The molecule has 0 saturated heterocycles. The summed E-state index contributed by atoms with van der Waals surface area (Å²) in [5.41, 5.74) is 2.81. The molecule has 0 radical (unpaired) electrons. The number of rotatable bonds is 10. The first-order chi connectivity index (χ1) is 15.4. The topological polar surface area (TPSA) is 96.9 Å². The van der Waals surface area contributed by atoms with Crippen molar-refractivity contribution in [2.75, 3.05) is 13.2 Å². The molecule has 3 aromatic carbocycles. The maximum atomic E-state index is 12.2. The number of amides is 1. The summed E-state index contributed by atoms with van der Waals surface area (Å²) >= 11 is 0. The third-order valence-electron chi connectivity index (χ3n) is 4.55. The second kappa shape index (κ2) is 11.1. The molecule has 0 unspecified atom stereocenters. The van der Waals surface area contributed by atoms with Crippen molar-refractivity contribution in [3.8, 4) is 5.75 Å². The molecule has 7 nitrogen and oxygen atoms in total. The van der Waals surface area contributed by atoms with Crippen LogP contribution < -0.4 is 14.9 Å².